The normalized spacial score (nSPS) is 25.6. The summed E-state index contributed by atoms with van der Waals surface area (Å²) in [6.07, 6.45) is 3.40. The highest BCUT2D eigenvalue weighted by Crippen LogP contribution is 2.40. The van der Waals surface area contributed by atoms with Gasteiger partial charge in [0.15, 0.2) is 0 Å². The van der Waals surface area contributed by atoms with Gasteiger partial charge in [0.25, 0.3) is 0 Å². The van der Waals surface area contributed by atoms with E-state index in [0.29, 0.717) is 5.92 Å². The van der Waals surface area contributed by atoms with Gasteiger partial charge in [-0.3, -0.25) is 14.4 Å². The molecule has 2 rings (SSSR count). The number of hydrogen-bond acceptors (Lipinski definition) is 4. The van der Waals surface area contributed by atoms with Gasteiger partial charge in [-0.25, -0.2) is 0 Å². The highest BCUT2D eigenvalue weighted by Gasteiger charge is 2.46. The van der Waals surface area contributed by atoms with Crippen molar-refractivity contribution < 1.29 is 4.21 Å². The Hall–Kier alpha value is -0.440. The molecule has 1 atom stereocenters. The average Bonchev–Trinajstić information content (AvgIpc) is 3.22. The van der Waals surface area contributed by atoms with Gasteiger partial charge >= 0.3 is 0 Å². The molecule has 18 heavy (non-hydrogen) atoms. The maximum Gasteiger partial charge on any atom is 0.122 e. The molecule has 0 aromatic heterocycles. The molecule has 1 saturated carbocycles. The van der Waals surface area contributed by atoms with E-state index in [1.54, 1.807) is 0 Å². The largest absolute Gasteiger partial charge is 0.299 e. The molecule has 1 N–H and O–H groups in total. The topological polar surface area (TPSA) is 56.1 Å². The SMILES string of the molecule is CCCNC(C#N)(CN1CCS(=O)CC1)C1CC1. The molecule has 102 valence electrons. The summed E-state index contributed by atoms with van der Waals surface area (Å²) in [6.45, 7) is 5.58. The van der Waals surface area contributed by atoms with Crippen LogP contribution < -0.4 is 5.32 Å². The van der Waals surface area contributed by atoms with E-state index in [9.17, 15) is 9.47 Å². The van der Waals surface area contributed by atoms with E-state index < -0.39 is 10.8 Å². The smallest absolute Gasteiger partial charge is 0.122 e. The van der Waals surface area contributed by atoms with Crippen LogP contribution in [0.5, 0.6) is 0 Å². The number of hydrogen-bond donors (Lipinski definition) is 1. The van der Waals surface area contributed by atoms with Crippen molar-refractivity contribution in [1.29, 1.82) is 5.26 Å². The van der Waals surface area contributed by atoms with Gasteiger partial charge in [0.2, 0.25) is 0 Å². The molecule has 0 radical (unpaired) electrons. The Balaban J connectivity index is 1.96. The number of rotatable bonds is 6. The predicted octanol–water partition coefficient (Wildman–Crippen LogP) is 0.723. The van der Waals surface area contributed by atoms with Gasteiger partial charge in [-0.15, -0.1) is 0 Å². The molecule has 1 heterocycles. The van der Waals surface area contributed by atoms with E-state index in [-0.39, 0.29) is 5.54 Å². The van der Waals surface area contributed by atoms with Crippen LogP contribution >= 0.6 is 0 Å². The van der Waals surface area contributed by atoms with Gasteiger partial charge in [-0.05, 0) is 31.7 Å². The van der Waals surface area contributed by atoms with Crippen LogP contribution in [-0.4, -0.2) is 52.3 Å². The van der Waals surface area contributed by atoms with Crippen molar-refractivity contribution >= 4 is 10.8 Å². The van der Waals surface area contributed by atoms with Crippen LogP contribution in [0.1, 0.15) is 26.2 Å². The predicted molar refractivity (Wildman–Crippen MR) is 73.7 cm³/mol. The third kappa shape index (κ3) is 3.31. The number of nitrogens with one attached hydrogen (secondary N) is 1. The summed E-state index contributed by atoms with van der Waals surface area (Å²) in [4.78, 5) is 2.31. The van der Waals surface area contributed by atoms with Crippen molar-refractivity contribution in [3.8, 4) is 6.07 Å². The summed E-state index contributed by atoms with van der Waals surface area (Å²) >= 11 is 0. The van der Waals surface area contributed by atoms with Crippen molar-refractivity contribution in [2.45, 2.75) is 31.7 Å². The molecule has 1 aliphatic heterocycles. The average molecular weight is 269 g/mol. The summed E-state index contributed by atoms with van der Waals surface area (Å²) < 4.78 is 11.4. The lowest BCUT2D eigenvalue weighted by Crippen LogP contribution is -2.56. The molecule has 0 aromatic carbocycles. The van der Waals surface area contributed by atoms with Gasteiger partial charge in [-0.2, -0.15) is 5.26 Å². The summed E-state index contributed by atoms with van der Waals surface area (Å²) in [6, 6.07) is 2.54. The quantitative estimate of drug-likeness (QED) is 0.772. The molecular weight excluding hydrogens is 246 g/mol. The molecule has 0 aromatic rings. The first-order valence-corrected chi connectivity index (χ1v) is 8.42. The molecule has 0 spiro atoms. The first kappa shape index (κ1) is 14.0. The maximum absolute atomic E-state index is 11.4. The molecule has 2 fully saturated rings. The fourth-order valence-electron chi connectivity index (χ4n) is 2.61. The lowest BCUT2D eigenvalue weighted by molar-refractivity contribution is 0.209. The molecule has 4 nitrogen and oxygen atoms in total. The second-order valence-electron chi connectivity index (χ2n) is 5.41. The van der Waals surface area contributed by atoms with E-state index in [2.05, 4.69) is 23.2 Å². The fraction of sp³-hybridized carbons (Fsp3) is 0.923. The molecule has 1 aliphatic carbocycles. The van der Waals surface area contributed by atoms with Crippen molar-refractivity contribution in [2.75, 3.05) is 37.7 Å². The molecule has 1 unspecified atom stereocenters. The minimum atomic E-state index is -0.637. The zero-order valence-corrected chi connectivity index (χ0v) is 12.0. The molecule has 1 saturated heterocycles. The van der Waals surface area contributed by atoms with Crippen LogP contribution in [0.2, 0.25) is 0 Å². The standard InChI is InChI=1S/C13H23N3OS/c1-2-5-15-13(10-14,12-3-4-12)11-16-6-8-18(17)9-7-16/h12,15H,2-9,11H2,1H3. The van der Waals surface area contributed by atoms with Gasteiger partial charge in [0.1, 0.15) is 5.54 Å². The first-order chi connectivity index (χ1) is 8.70. The van der Waals surface area contributed by atoms with Crippen LogP contribution in [-0.2, 0) is 10.8 Å². The third-order valence-corrected chi connectivity index (χ3v) is 5.18. The lowest BCUT2D eigenvalue weighted by Gasteiger charge is -2.36. The Morgan fingerprint density at radius 2 is 2.11 bits per heavy atom. The van der Waals surface area contributed by atoms with E-state index in [1.165, 1.54) is 12.8 Å². The number of nitriles is 1. The van der Waals surface area contributed by atoms with E-state index in [4.69, 9.17) is 0 Å². The highest BCUT2D eigenvalue weighted by atomic mass is 32.2. The molecule has 0 amide bonds. The summed E-state index contributed by atoms with van der Waals surface area (Å²) in [5.74, 6) is 2.04. The zero-order valence-electron chi connectivity index (χ0n) is 11.2. The van der Waals surface area contributed by atoms with Crippen LogP contribution in [0.15, 0.2) is 0 Å². The Morgan fingerprint density at radius 1 is 1.44 bits per heavy atom. The Labute approximate surface area is 112 Å². The van der Waals surface area contributed by atoms with Crippen LogP contribution in [0.4, 0.5) is 0 Å². The van der Waals surface area contributed by atoms with Gasteiger partial charge in [-0.1, -0.05) is 6.92 Å². The second kappa shape index (κ2) is 6.14. The van der Waals surface area contributed by atoms with Crippen molar-refractivity contribution in [1.82, 2.24) is 10.2 Å². The lowest BCUT2D eigenvalue weighted by atomic mass is 9.93. The summed E-state index contributed by atoms with van der Waals surface area (Å²) in [5, 5.41) is 13.1. The minimum Gasteiger partial charge on any atom is -0.299 e. The molecule has 5 heteroatoms. The van der Waals surface area contributed by atoms with E-state index in [0.717, 1.165) is 44.1 Å². The highest BCUT2D eigenvalue weighted by molar-refractivity contribution is 7.85. The van der Waals surface area contributed by atoms with Crippen LogP contribution in [0.25, 0.3) is 0 Å². The Bertz CT molecular complexity index is 341. The van der Waals surface area contributed by atoms with Crippen molar-refractivity contribution in [3.63, 3.8) is 0 Å². The van der Waals surface area contributed by atoms with Gasteiger partial charge in [0, 0.05) is 41.9 Å². The van der Waals surface area contributed by atoms with E-state index >= 15 is 0 Å². The summed E-state index contributed by atoms with van der Waals surface area (Å²) in [5.41, 5.74) is -0.366. The van der Waals surface area contributed by atoms with Crippen molar-refractivity contribution in [3.05, 3.63) is 0 Å². The van der Waals surface area contributed by atoms with E-state index in [1.807, 2.05) is 0 Å². The first-order valence-electron chi connectivity index (χ1n) is 6.94. The van der Waals surface area contributed by atoms with Crippen LogP contribution in [0.3, 0.4) is 0 Å². The summed E-state index contributed by atoms with van der Waals surface area (Å²) in [7, 11) is -0.637. The number of nitrogens with zero attached hydrogens (tertiary/aromatic N) is 2. The third-order valence-electron chi connectivity index (χ3n) is 3.91. The Morgan fingerprint density at radius 3 is 2.61 bits per heavy atom. The second-order valence-corrected chi connectivity index (χ2v) is 7.10. The minimum absolute atomic E-state index is 0.366. The van der Waals surface area contributed by atoms with Crippen LogP contribution in [0, 0.1) is 17.2 Å². The maximum atomic E-state index is 11.4. The zero-order chi connectivity index (χ0) is 13.0. The Kier molecular flexibility index (Phi) is 4.77. The van der Waals surface area contributed by atoms with Gasteiger partial charge in [0.05, 0.1) is 6.07 Å². The van der Waals surface area contributed by atoms with Gasteiger partial charge < -0.3 is 0 Å². The molecule has 0 bridgehead atoms. The molecular formula is C13H23N3OS. The van der Waals surface area contributed by atoms with Crippen molar-refractivity contribution in [2.24, 2.45) is 5.92 Å². The monoisotopic (exact) mass is 269 g/mol. The molecule has 2 aliphatic rings. The fourth-order valence-corrected chi connectivity index (χ4v) is 3.73.